The lowest BCUT2D eigenvalue weighted by Crippen LogP contribution is -2.30. The van der Waals surface area contributed by atoms with E-state index in [1.807, 2.05) is 42.5 Å². The predicted octanol–water partition coefficient (Wildman–Crippen LogP) is 2.53. The van der Waals surface area contributed by atoms with E-state index in [9.17, 15) is 4.79 Å². The van der Waals surface area contributed by atoms with Gasteiger partial charge in [-0.15, -0.1) is 0 Å². The van der Waals surface area contributed by atoms with Crippen molar-refractivity contribution in [2.75, 3.05) is 13.1 Å². The first-order valence-electron chi connectivity index (χ1n) is 7.23. The number of carbonyl (C=O) groups is 1. The predicted molar refractivity (Wildman–Crippen MR) is 83.5 cm³/mol. The third-order valence-electron chi connectivity index (χ3n) is 4.25. The first-order valence-corrected chi connectivity index (χ1v) is 7.23. The topological polar surface area (TPSA) is 46.3 Å². The van der Waals surface area contributed by atoms with Gasteiger partial charge < -0.3 is 10.6 Å². The maximum absolute atomic E-state index is 12.8. The molecule has 3 heteroatoms. The fraction of sp³-hybridized carbons (Fsp3) is 0.167. The van der Waals surface area contributed by atoms with Gasteiger partial charge in [-0.2, -0.15) is 0 Å². The highest BCUT2D eigenvalue weighted by atomic mass is 16.1. The Bertz CT molecular complexity index is 776. The monoisotopic (exact) mass is 276 g/mol. The molecular weight excluding hydrogens is 260 g/mol. The molecule has 1 heterocycles. The second kappa shape index (κ2) is 4.57. The van der Waals surface area contributed by atoms with Gasteiger partial charge in [-0.25, -0.2) is 0 Å². The Kier molecular flexibility index (Phi) is 2.69. The first kappa shape index (κ1) is 12.4. The Morgan fingerprint density at radius 1 is 0.952 bits per heavy atom. The number of rotatable bonds is 2. The Morgan fingerprint density at radius 3 is 2.38 bits per heavy atom. The minimum Gasteiger partial charge on any atom is -0.365 e. The third kappa shape index (κ3) is 1.68. The van der Waals surface area contributed by atoms with Gasteiger partial charge in [-0.1, -0.05) is 48.5 Å². The molecule has 0 unspecified atom stereocenters. The van der Waals surface area contributed by atoms with Crippen molar-refractivity contribution in [1.82, 2.24) is 4.90 Å². The van der Waals surface area contributed by atoms with E-state index < -0.39 is 0 Å². The minimum atomic E-state index is 0.134. The van der Waals surface area contributed by atoms with Crippen molar-refractivity contribution in [3.8, 4) is 0 Å². The smallest absolute Gasteiger partial charge is 0.196 e. The van der Waals surface area contributed by atoms with E-state index in [0.717, 1.165) is 41.1 Å². The van der Waals surface area contributed by atoms with Gasteiger partial charge in [0.15, 0.2) is 5.78 Å². The zero-order valence-corrected chi connectivity index (χ0v) is 11.7. The zero-order chi connectivity index (χ0) is 14.4. The van der Waals surface area contributed by atoms with Gasteiger partial charge in [0, 0.05) is 30.8 Å². The summed E-state index contributed by atoms with van der Waals surface area (Å²) < 4.78 is 0. The van der Waals surface area contributed by atoms with Gasteiger partial charge >= 0.3 is 0 Å². The zero-order valence-electron chi connectivity index (χ0n) is 11.7. The van der Waals surface area contributed by atoms with Gasteiger partial charge in [0.05, 0.1) is 11.3 Å². The Balaban J connectivity index is 1.99. The van der Waals surface area contributed by atoms with Gasteiger partial charge in [0.25, 0.3) is 0 Å². The Hall–Kier alpha value is -2.39. The molecule has 3 nitrogen and oxygen atoms in total. The molecule has 21 heavy (non-hydrogen) atoms. The van der Waals surface area contributed by atoms with Crippen LogP contribution in [-0.2, 0) is 6.54 Å². The average Bonchev–Trinajstić information content (AvgIpc) is 2.82. The number of hydrogen-bond donors (Lipinski definition) is 1. The number of nitrogens with two attached hydrogens (primary N) is 1. The van der Waals surface area contributed by atoms with Crippen molar-refractivity contribution in [1.29, 1.82) is 0 Å². The molecule has 0 fully saturated rings. The number of nitrogens with zero attached hydrogens (tertiary/aromatic N) is 1. The molecule has 2 aromatic carbocycles. The van der Waals surface area contributed by atoms with Gasteiger partial charge in [0.2, 0.25) is 0 Å². The molecule has 0 bridgehead atoms. The summed E-state index contributed by atoms with van der Waals surface area (Å²) in [5, 5.41) is 0. The highest BCUT2D eigenvalue weighted by Crippen LogP contribution is 2.44. The molecule has 0 aromatic heterocycles. The molecule has 0 radical (unpaired) electrons. The molecule has 0 spiro atoms. The highest BCUT2D eigenvalue weighted by Gasteiger charge is 2.36. The van der Waals surface area contributed by atoms with Gasteiger partial charge in [0.1, 0.15) is 0 Å². The van der Waals surface area contributed by atoms with E-state index in [4.69, 9.17) is 5.73 Å². The van der Waals surface area contributed by atoms with Crippen LogP contribution >= 0.6 is 0 Å². The number of hydrogen-bond acceptors (Lipinski definition) is 3. The number of carbonyl (C=O) groups excluding carboxylic acids is 1. The average molecular weight is 276 g/mol. The van der Waals surface area contributed by atoms with Crippen LogP contribution in [0.15, 0.2) is 48.5 Å². The number of benzene rings is 2. The number of ketones is 1. The van der Waals surface area contributed by atoms with Crippen LogP contribution in [0.3, 0.4) is 0 Å². The van der Waals surface area contributed by atoms with Crippen molar-refractivity contribution in [2.45, 2.75) is 6.54 Å². The summed E-state index contributed by atoms with van der Waals surface area (Å²) in [7, 11) is 0. The molecule has 1 aliphatic heterocycles. The van der Waals surface area contributed by atoms with Gasteiger partial charge in [-0.3, -0.25) is 4.79 Å². The molecular formula is C18H16N2O. The summed E-state index contributed by atoms with van der Waals surface area (Å²) in [5.41, 5.74) is 11.8. The van der Waals surface area contributed by atoms with Crippen LogP contribution in [0.5, 0.6) is 0 Å². The lowest BCUT2D eigenvalue weighted by Gasteiger charge is -2.32. The quantitative estimate of drug-likeness (QED) is 0.917. The summed E-state index contributed by atoms with van der Waals surface area (Å²) in [6, 6.07) is 16.0. The van der Waals surface area contributed by atoms with Crippen LogP contribution in [0.1, 0.15) is 27.0 Å². The van der Waals surface area contributed by atoms with Gasteiger partial charge in [-0.05, 0) is 11.1 Å². The molecule has 0 saturated heterocycles. The van der Waals surface area contributed by atoms with Crippen molar-refractivity contribution in [3.05, 3.63) is 70.8 Å². The van der Waals surface area contributed by atoms with E-state index >= 15 is 0 Å². The number of allylic oxidation sites excluding steroid dienone is 1. The second-order valence-electron chi connectivity index (χ2n) is 5.47. The molecule has 2 aromatic rings. The molecule has 104 valence electrons. The van der Waals surface area contributed by atoms with Crippen LogP contribution in [0.25, 0.3) is 11.3 Å². The fourth-order valence-electron chi connectivity index (χ4n) is 3.38. The van der Waals surface area contributed by atoms with Crippen LogP contribution in [0, 0.1) is 0 Å². The molecule has 4 rings (SSSR count). The maximum atomic E-state index is 12.8. The highest BCUT2D eigenvalue weighted by molar-refractivity contribution is 6.40. The Morgan fingerprint density at radius 2 is 1.62 bits per heavy atom. The first-order chi connectivity index (χ1) is 10.3. The lowest BCUT2D eigenvalue weighted by molar-refractivity contribution is 0.105. The molecule has 0 saturated carbocycles. The molecule has 2 N–H and O–H groups in total. The largest absolute Gasteiger partial charge is 0.365 e. The SMILES string of the molecule is NCCN1Cc2ccccc2C2=C1c1ccccc1C2=O. The van der Waals surface area contributed by atoms with E-state index in [-0.39, 0.29) is 5.78 Å². The molecule has 0 atom stereocenters. The van der Waals surface area contributed by atoms with Crippen LogP contribution < -0.4 is 5.73 Å². The van der Waals surface area contributed by atoms with Crippen LogP contribution in [0.2, 0.25) is 0 Å². The van der Waals surface area contributed by atoms with Crippen molar-refractivity contribution >= 4 is 17.1 Å². The number of fused-ring (bicyclic) bond motifs is 4. The Labute approximate surface area is 123 Å². The molecule has 1 aliphatic carbocycles. The van der Waals surface area contributed by atoms with Crippen molar-refractivity contribution in [3.63, 3.8) is 0 Å². The van der Waals surface area contributed by atoms with E-state index in [1.54, 1.807) is 0 Å². The standard InChI is InChI=1S/C18H16N2O/c19-9-10-20-11-12-5-1-2-6-13(12)16-17(20)14-7-3-4-8-15(14)18(16)21/h1-8H,9-11,19H2. The van der Waals surface area contributed by atoms with Crippen molar-refractivity contribution in [2.24, 2.45) is 5.73 Å². The van der Waals surface area contributed by atoms with E-state index in [2.05, 4.69) is 11.0 Å². The van der Waals surface area contributed by atoms with Crippen LogP contribution in [-0.4, -0.2) is 23.8 Å². The second-order valence-corrected chi connectivity index (χ2v) is 5.47. The normalized spacial score (nSPS) is 15.9. The summed E-state index contributed by atoms with van der Waals surface area (Å²) >= 11 is 0. The fourth-order valence-corrected chi connectivity index (χ4v) is 3.38. The summed E-state index contributed by atoms with van der Waals surface area (Å²) in [6.07, 6.45) is 0. The van der Waals surface area contributed by atoms with E-state index in [1.165, 1.54) is 5.56 Å². The molecule has 2 aliphatic rings. The molecule has 0 amide bonds. The van der Waals surface area contributed by atoms with Crippen molar-refractivity contribution < 1.29 is 4.79 Å². The summed E-state index contributed by atoms with van der Waals surface area (Å²) in [6.45, 7) is 2.15. The third-order valence-corrected chi connectivity index (χ3v) is 4.25. The lowest BCUT2D eigenvalue weighted by atomic mass is 9.93. The van der Waals surface area contributed by atoms with Crippen LogP contribution in [0.4, 0.5) is 0 Å². The summed E-state index contributed by atoms with van der Waals surface area (Å²) in [5.74, 6) is 0.134. The number of Topliss-reactive ketones (excluding diaryl/α,β-unsaturated/α-hetero) is 1. The summed E-state index contributed by atoms with van der Waals surface area (Å²) in [4.78, 5) is 15.1. The minimum absolute atomic E-state index is 0.134. The maximum Gasteiger partial charge on any atom is 0.196 e. The van der Waals surface area contributed by atoms with E-state index in [0.29, 0.717) is 6.54 Å².